The van der Waals surface area contributed by atoms with Gasteiger partial charge in [-0.05, 0) is 39.5 Å². The Kier molecular flexibility index (Phi) is 4.39. The molecule has 0 atom stereocenters. The van der Waals surface area contributed by atoms with Gasteiger partial charge in [0.2, 0.25) is 0 Å². The Morgan fingerprint density at radius 2 is 2.13 bits per heavy atom. The van der Waals surface area contributed by atoms with Crippen molar-refractivity contribution in [2.24, 2.45) is 16.6 Å². The lowest BCUT2D eigenvalue weighted by Crippen LogP contribution is -2.45. The Balaban J connectivity index is 2.02. The van der Waals surface area contributed by atoms with E-state index in [1.54, 1.807) is 0 Å². The van der Waals surface area contributed by atoms with Crippen molar-refractivity contribution in [1.29, 1.82) is 0 Å². The zero-order valence-electron chi connectivity index (χ0n) is 10.0. The molecule has 88 valence electrons. The second kappa shape index (κ2) is 5.35. The fourth-order valence-corrected chi connectivity index (χ4v) is 1.19. The molecule has 0 heterocycles. The highest BCUT2D eigenvalue weighted by Gasteiger charge is 2.20. The topological polar surface area (TPSA) is 59.6 Å². The minimum atomic E-state index is -0.0253. The second-order valence-electron chi connectivity index (χ2n) is 5.16. The summed E-state index contributed by atoms with van der Waals surface area (Å²) in [6.45, 7) is 8.36. The van der Waals surface area contributed by atoms with Gasteiger partial charge in [0.15, 0.2) is 5.96 Å². The molecule has 3 N–H and O–H groups in total. The molecule has 4 heteroatoms. The average molecular weight is 213 g/mol. The third-order valence-corrected chi connectivity index (χ3v) is 2.07. The maximum Gasteiger partial charge on any atom is 0.189 e. The van der Waals surface area contributed by atoms with Crippen LogP contribution in [0.3, 0.4) is 0 Å². The first-order chi connectivity index (χ1) is 6.97. The molecule has 4 nitrogen and oxygen atoms in total. The van der Waals surface area contributed by atoms with Crippen molar-refractivity contribution in [1.82, 2.24) is 5.32 Å². The van der Waals surface area contributed by atoms with E-state index in [-0.39, 0.29) is 5.54 Å². The van der Waals surface area contributed by atoms with E-state index in [1.165, 1.54) is 12.8 Å². The van der Waals surface area contributed by atoms with Crippen LogP contribution in [0.2, 0.25) is 0 Å². The Bertz CT molecular complexity index is 216. The smallest absolute Gasteiger partial charge is 0.189 e. The predicted molar refractivity (Wildman–Crippen MR) is 62.9 cm³/mol. The highest BCUT2D eigenvalue weighted by atomic mass is 16.5. The van der Waals surface area contributed by atoms with Crippen molar-refractivity contribution in [3.05, 3.63) is 0 Å². The molecule has 1 aliphatic rings. The molecule has 1 saturated carbocycles. The lowest BCUT2D eigenvalue weighted by molar-refractivity contribution is 0.131. The van der Waals surface area contributed by atoms with E-state index in [9.17, 15) is 0 Å². The molecule has 0 bridgehead atoms. The number of guanidine groups is 1. The molecule has 0 radical (unpaired) electrons. The van der Waals surface area contributed by atoms with Crippen LogP contribution in [0.15, 0.2) is 4.99 Å². The fraction of sp³-hybridized carbons (Fsp3) is 0.909. The van der Waals surface area contributed by atoms with E-state index in [0.29, 0.717) is 19.1 Å². The number of ether oxygens (including phenoxy) is 1. The van der Waals surface area contributed by atoms with Gasteiger partial charge in [0.05, 0.1) is 13.2 Å². The van der Waals surface area contributed by atoms with E-state index in [2.05, 4.69) is 31.1 Å². The highest BCUT2D eigenvalue weighted by Crippen LogP contribution is 2.28. The molecule has 0 aromatic rings. The van der Waals surface area contributed by atoms with E-state index in [0.717, 1.165) is 12.5 Å². The van der Waals surface area contributed by atoms with Crippen LogP contribution in [0.1, 0.15) is 33.6 Å². The van der Waals surface area contributed by atoms with Crippen molar-refractivity contribution in [2.75, 3.05) is 19.8 Å². The van der Waals surface area contributed by atoms with Gasteiger partial charge in [0.25, 0.3) is 0 Å². The summed E-state index contributed by atoms with van der Waals surface area (Å²) in [6.07, 6.45) is 2.66. The van der Waals surface area contributed by atoms with Crippen LogP contribution in [0.4, 0.5) is 0 Å². The minimum absolute atomic E-state index is 0.0253. The van der Waals surface area contributed by atoms with E-state index < -0.39 is 0 Å². The minimum Gasteiger partial charge on any atom is -0.379 e. The first-order valence-electron chi connectivity index (χ1n) is 5.63. The fourth-order valence-electron chi connectivity index (χ4n) is 1.19. The van der Waals surface area contributed by atoms with Gasteiger partial charge >= 0.3 is 0 Å². The molecule has 1 aliphatic carbocycles. The number of nitrogens with zero attached hydrogens (tertiary/aromatic N) is 1. The molecule has 0 aromatic heterocycles. The summed E-state index contributed by atoms with van der Waals surface area (Å²) in [5.74, 6) is 1.32. The van der Waals surface area contributed by atoms with Gasteiger partial charge in [-0.15, -0.1) is 0 Å². The molecular formula is C11H23N3O. The summed E-state index contributed by atoms with van der Waals surface area (Å²) in [4.78, 5) is 4.19. The molecule has 15 heavy (non-hydrogen) atoms. The third-order valence-electron chi connectivity index (χ3n) is 2.07. The van der Waals surface area contributed by atoms with E-state index in [1.807, 2.05) is 0 Å². The first kappa shape index (κ1) is 12.3. The first-order valence-corrected chi connectivity index (χ1v) is 5.63. The van der Waals surface area contributed by atoms with Gasteiger partial charge in [-0.1, -0.05) is 0 Å². The lowest BCUT2D eigenvalue weighted by Gasteiger charge is -2.20. The molecule has 0 spiro atoms. The van der Waals surface area contributed by atoms with Crippen LogP contribution in [-0.2, 0) is 4.74 Å². The molecule has 1 fully saturated rings. The van der Waals surface area contributed by atoms with Gasteiger partial charge in [0, 0.05) is 12.1 Å². The van der Waals surface area contributed by atoms with Crippen LogP contribution < -0.4 is 11.1 Å². The molecule has 0 aromatic carbocycles. The predicted octanol–water partition coefficient (Wildman–Crippen LogP) is 1.12. The quantitative estimate of drug-likeness (QED) is 0.409. The lowest BCUT2D eigenvalue weighted by atomic mass is 10.1. The third kappa shape index (κ3) is 7.19. The van der Waals surface area contributed by atoms with E-state index in [4.69, 9.17) is 10.5 Å². The molecule has 0 unspecified atom stereocenters. The molecular weight excluding hydrogens is 190 g/mol. The largest absolute Gasteiger partial charge is 0.379 e. The number of hydrogen-bond acceptors (Lipinski definition) is 2. The molecule has 1 rings (SSSR count). The summed E-state index contributed by atoms with van der Waals surface area (Å²) < 4.78 is 5.45. The van der Waals surface area contributed by atoms with Crippen LogP contribution >= 0.6 is 0 Å². The summed E-state index contributed by atoms with van der Waals surface area (Å²) in [5, 5.41) is 3.10. The van der Waals surface area contributed by atoms with Crippen molar-refractivity contribution in [2.45, 2.75) is 39.2 Å². The van der Waals surface area contributed by atoms with Gasteiger partial charge < -0.3 is 15.8 Å². The van der Waals surface area contributed by atoms with Crippen LogP contribution in [0.25, 0.3) is 0 Å². The maximum absolute atomic E-state index is 5.70. The Morgan fingerprint density at radius 3 is 2.67 bits per heavy atom. The van der Waals surface area contributed by atoms with Gasteiger partial charge in [-0.2, -0.15) is 0 Å². The Morgan fingerprint density at radius 1 is 1.47 bits per heavy atom. The number of nitrogens with two attached hydrogens (primary N) is 1. The van der Waals surface area contributed by atoms with Crippen molar-refractivity contribution in [3.63, 3.8) is 0 Å². The van der Waals surface area contributed by atoms with Crippen molar-refractivity contribution in [3.8, 4) is 0 Å². The van der Waals surface area contributed by atoms with Crippen LogP contribution in [0, 0.1) is 5.92 Å². The molecule has 0 saturated heterocycles. The SMILES string of the molecule is CC(C)(C)NC(N)=NCCOCC1CC1. The second-order valence-corrected chi connectivity index (χ2v) is 5.16. The molecule has 0 amide bonds. The van der Waals surface area contributed by atoms with Gasteiger partial charge in [0.1, 0.15) is 0 Å². The number of aliphatic imine (C=N–C) groups is 1. The number of rotatable bonds is 5. The number of nitrogens with one attached hydrogen (secondary N) is 1. The monoisotopic (exact) mass is 213 g/mol. The van der Waals surface area contributed by atoms with Crippen LogP contribution in [0.5, 0.6) is 0 Å². The normalized spacial score (nSPS) is 17.9. The standard InChI is InChI=1S/C11H23N3O/c1-11(2,3)14-10(12)13-6-7-15-8-9-4-5-9/h9H,4-8H2,1-3H3,(H3,12,13,14). The van der Waals surface area contributed by atoms with Gasteiger partial charge in [-0.25, -0.2) is 0 Å². The van der Waals surface area contributed by atoms with E-state index >= 15 is 0 Å². The Hall–Kier alpha value is -0.770. The highest BCUT2D eigenvalue weighted by molar-refractivity contribution is 5.78. The summed E-state index contributed by atoms with van der Waals surface area (Å²) in [6, 6.07) is 0. The summed E-state index contributed by atoms with van der Waals surface area (Å²) >= 11 is 0. The molecule has 0 aliphatic heterocycles. The maximum atomic E-state index is 5.70. The van der Waals surface area contributed by atoms with Crippen molar-refractivity contribution >= 4 is 5.96 Å². The number of hydrogen-bond donors (Lipinski definition) is 2. The average Bonchev–Trinajstić information content (AvgIpc) is 2.83. The Labute approximate surface area is 92.3 Å². The van der Waals surface area contributed by atoms with Crippen molar-refractivity contribution < 1.29 is 4.74 Å². The zero-order chi connectivity index (χ0) is 11.3. The van der Waals surface area contributed by atoms with Crippen LogP contribution in [-0.4, -0.2) is 31.3 Å². The van der Waals surface area contributed by atoms with Gasteiger partial charge in [-0.3, -0.25) is 4.99 Å². The summed E-state index contributed by atoms with van der Waals surface area (Å²) in [7, 11) is 0. The summed E-state index contributed by atoms with van der Waals surface area (Å²) in [5.41, 5.74) is 5.67. The zero-order valence-corrected chi connectivity index (χ0v) is 10.0.